The molecule has 1 aliphatic heterocycles. The zero-order valence-electron chi connectivity index (χ0n) is 14.9. The van der Waals surface area contributed by atoms with Crippen molar-refractivity contribution in [1.82, 2.24) is 9.21 Å². The molecular formula is C18H21BrN2O4S2. The number of carbonyl (C=O) groups excluding carboxylic acids is 1. The average molecular weight is 473 g/mol. The minimum absolute atomic E-state index is 0.0387. The van der Waals surface area contributed by atoms with Crippen molar-refractivity contribution in [2.45, 2.75) is 17.1 Å². The Bertz CT molecular complexity index is 906. The lowest BCUT2D eigenvalue weighted by Crippen LogP contribution is -2.50. The molecule has 0 bridgehead atoms. The van der Waals surface area contributed by atoms with E-state index in [1.807, 2.05) is 24.3 Å². The highest BCUT2D eigenvalue weighted by Crippen LogP contribution is 2.29. The molecule has 2 aromatic rings. The summed E-state index contributed by atoms with van der Waals surface area (Å²) in [6.45, 7) is 1.46. The Morgan fingerprint density at radius 1 is 1.15 bits per heavy atom. The first kappa shape index (κ1) is 20.3. The minimum atomic E-state index is -3.49. The summed E-state index contributed by atoms with van der Waals surface area (Å²) >= 11 is 4.50. The van der Waals surface area contributed by atoms with Crippen molar-refractivity contribution >= 4 is 43.2 Å². The van der Waals surface area contributed by atoms with Gasteiger partial charge in [-0.3, -0.25) is 4.79 Å². The summed E-state index contributed by atoms with van der Waals surface area (Å²) < 4.78 is 33.2. The molecule has 1 aromatic carbocycles. The molecule has 2 heterocycles. The molecule has 0 unspecified atom stereocenters. The third-order valence-electron chi connectivity index (χ3n) is 4.53. The van der Waals surface area contributed by atoms with Gasteiger partial charge >= 0.3 is 0 Å². The molecule has 0 aliphatic carbocycles. The number of para-hydroxylation sites is 1. The number of hydrogen-bond acceptors (Lipinski definition) is 5. The molecule has 27 heavy (non-hydrogen) atoms. The number of ether oxygens (including phenoxy) is 1. The van der Waals surface area contributed by atoms with E-state index in [2.05, 4.69) is 15.9 Å². The summed E-state index contributed by atoms with van der Waals surface area (Å²) in [5, 5.41) is 0. The highest BCUT2D eigenvalue weighted by atomic mass is 79.9. The predicted molar refractivity (Wildman–Crippen MR) is 109 cm³/mol. The second-order valence-electron chi connectivity index (χ2n) is 6.16. The summed E-state index contributed by atoms with van der Waals surface area (Å²) in [5.41, 5.74) is 0.998. The van der Waals surface area contributed by atoms with E-state index < -0.39 is 10.0 Å². The van der Waals surface area contributed by atoms with Gasteiger partial charge in [0.1, 0.15) is 9.96 Å². The van der Waals surface area contributed by atoms with Crippen LogP contribution in [0.25, 0.3) is 0 Å². The van der Waals surface area contributed by atoms with Crippen LogP contribution < -0.4 is 4.74 Å². The molecule has 0 N–H and O–H groups in total. The molecular weight excluding hydrogens is 452 g/mol. The normalized spacial score (nSPS) is 15.7. The number of piperazine rings is 1. The lowest BCUT2D eigenvalue weighted by Gasteiger charge is -2.33. The Hall–Kier alpha value is -1.42. The molecule has 146 valence electrons. The second kappa shape index (κ2) is 8.72. The van der Waals surface area contributed by atoms with Crippen LogP contribution in [0.5, 0.6) is 5.75 Å². The number of halogens is 1. The van der Waals surface area contributed by atoms with Crippen LogP contribution in [-0.2, 0) is 21.2 Å². The number of nitrogens with zero attached hydrogens (tertiary/aromatic N) is 2. The molecule has 3 rings (SSSR count). The van der Waals surface area contributed by atoms with Crippen LogP contribution in [0.15, 0.2) is 44.4 Å². The Morgan fingerprint density at radius 2 is 1.85 bits per heavy atom. The number of methoxy groups -OCH3 is 1. The van der Waals surface area contributed by atoms with E-state index in [-0.39, 0.29) is 5.91 Å². The average Bonchev–Trinajstić information content (AvgIpc) is 3.13. The van der Waals surface area contributed by atoms with Gasteiger partial charge in [0.05, 0.1) is 10.9 Å². The van der Waals surface area contributed by atoms with Crippen LogP contribution in [0.1, 0.15) is 12.0 Å². The first-order valence-electron chi connectivity index (χ1n) is 8.57. The van der Waals surface area contributed by atoms with Gasteiger partial charge in [0, 0.05) is 32.6 Å². The van der Waals surface area contributed by atoms with Crippen molar-refractivity contribution in [3.05, 3.63) is 45.7 Å². The number of rotatable bonds is 6. The fraction of sp³-hybridized carbons (Fsp3) is 0.389. The maximum Gasteiger partial charge on any atom is 0.252 e. The van der Waals surface area contributed by atoms with Crippen LogP contribution in [0.2, 0.25) is 0 Å². The number of sulfonamides is 1. The Labute approximate surface area is 171 Å². The number of carbonyl (C=O) groups is 1. The Kier molecular flexibility index (Phi) is 6.56. The van der Waals surface area contributed by atoms with E-state index in [1.165, 1.54) is 15.6 Å². The van der Waals surface area contributed by atoms with Crippen molar-refractivity contribution < 1.29 is 17.9 Å². The molecule has 1 fully saturated rings. The fourth-order valence-electron chi connectivity index (χ4n) is 3.05. The lowest BCUT2D eigenvalue weighted by atomic mass is 10.1. The van der Waals surface area contributed by atoms with E-state index in [0.29, 0.717) is 43.2 Å². The Balaban J connectivity index is 1.55. The highest BCUT2D eigenvalue weighted by molar-refractivity contribution is 9.11. The number of amides is 1. The van der Waals surface area contributed by atoms with Gasteiger partial charge in [-0.2, -0.15) is 4.31 Å². The maximum absolute atomic E-state index is 12.7. The van der Waals surface area contributed by atoms with E-state index in [1.54, 1.807) is 24.1 Å². The number of aryl methyl sites for hydroxylation is 1. The minimum Gasteiger partial charge on any atom is -0.496 e. The van der Waals surface area contributed by atoms with Gasteiger partial charge in [-0.05, 0) is 46.1 Å². The lowest BCUT2D eigenvalue weighted by molar-refractivity contribution is -0.132. The molecule has 1 aliphatic rings. The molecule has 0 saturated carbocycles. The smallest absolute Gasteiger partial charge is 0.252 e. The molecule has 9 heteroatoms. The van der Waals surface area contributed by atoms with Crippen LogP contribution in [0, 0.1) is 0 Å². The molecule has 6 nitrogen and oxygen atoms in total. The topological polar surface area (TPSA) is 66.9 Å². The van der Waals surface area contributed by atoms with Gasteiger partial charge in [0.15, 0.2) is 0 Å². The van der Waals surface area contributed by atoms with Crippen LogP contribution in [-0.4, -0.2) is 56.8 Å². The van der Waals surface area contributed by atoms with Crippen molar-refractivity contribution in [1.29, 1.82) is 0 Å². The molecule has 0 radical (unpaired) electrons. The van der Waals surface area contributed by atoms with Gasteiger partial charge in [-0.1, -0.05) is 18.2 Å². The predicted octanol–water partition coefficient (Wildman–Crippen LogP) is 2.98. The van der Waals surface area contributed by atoms with Gasteiger partial charge in [0.2, 0.25) is 5.91 Å². The van der Waals surface area contributed by atoms with Crippen LogP contribution in [0.4, 0.5) is 0 Å². The van der Waals surface area contributed by atoms with Gasteiger partial charge < -0.3 is 9.64 Å². The summed E-state index contributed by atoms with van der Waals surface area (Å²) in [6, 6.07) is 11.0. The SMILES string of the molecule is COc1ccccc1CCC(=O)N1CCN(S(=O)(=O)c2ccc(Br)s2)CC1. The third-order valence-corrected chi connectivity index (χ3v) is 8.52. The van der Waals surface area contributed by atoms with E-state index in [4.69, 9.17) is 4.74 Å². The first-order valence-corrected chi connectivity index (χ1v) is 11.6. The fourth-order valence-corrected chi connectivity index (χ4v) is 6.64. The van der Waals surface area contributed by atoms with E-state index in [9.17, 15) is 13.2 Å². The van der Waals surface area contributed by atoms with Gasteiger partial charge in [-0.15, -0.1) is 11.3 Å². The molecule has 0 spiro atoms. The van der Waals surface area contributed by atoms with Crippen molar-refractivity contribution in [3.8, 4) is 5.75 Å². The standard InChI is InChI=1S/C18H21BrN2O4S2/c1-25-15-5-3-2-4-14(15)6-8-17(22)20-10-12-21(13-11-20)27(23,24)18-9-7-16(19)26-18/h2-5,7,9H,6,8,10-13H2,1H3. The molecule has 1 aromatic heterocycles. The number of benzene rings is 1. The molecule has 1 amide bonds. The summed E-state index contributed by atoms with van der Waals surface area (Å²) in [5.74, 6) is 0.820. The number of thiophene rings is 1. The van der Waals surface area contributed by atoms with Crippen molar-refractivity contribution in [2.24, 2.45) is 0 Å². The van der Waals surface area contributed by atoms with Crippen LogP contribution in [0.3, 0.4) is 0 Å². The second-order valence-corrected chi connectivity index (χ2v) is 10.8. The quantitative estimate of drug-likeness (QED) is 0.647. The van der Waals surface area contributed by atoms with E-state index in [0.717, 1.165) is 15.1 Å². The summed E-state index contributed by atoms with van der Waals surface area (Å²) in [7, 11) is -1.87. The number of hydrogen-bond donors (Lipinski definition) is 0. The Morgan fingerprint density at radius 3 is 2.48 bits per heavy atom. The van der Waals surface area contributed by atoms with Crippen molar-refractivity contribution in [3.63, 3.8) is 0 Å². The van der Waals surface area contributed by atoms with Gasteiger partial charge in [0.25, 0.3) is 10.0 Å². The highest BCUT2D eigenvalue weighted by Gasteiger charge is 2.30. The zero-order valence-corrected chi connectivity index (χ0v) is 18.1. The monoisotopic (exact) mass is 472 g/mol. The first-order chi connectivity index (χ1) is 12.9. The molecule has 1 saturated heterocycles. The summed E-state index contributed by atoms with van der Waals surface area (Å²) in [4.78, 5) is 14.3. The van der Waals surface area contributed by atoms with E-state index >= 15 is 0 Å². The van der Waals surface area contributed by atoms with Crippen LogP contribution >= 0.6 is 27.3 Å². The largest absolute Gasteiger partial charge is 0.496 e. The van der Waals surface area contributed by atoms with Crippen molar-refractivity contribution in [2.75, 3.05) is 33.3 Å². The molecule has 0 atom stereocenters. The summed E-state index contributed by atoms with van der Waals surface area (Å²) in [6.07, 6.45) is 0.982. The maximum atomic E-state index is 12.7. The third kappa shape index (κ3) is 4.71. The van der Waals surface area contributed by atoms with Gasteiger partial charge in [-0.25, -0.2) is 8.42 Å². The zero-order chi connectivity index (χ0) is 19.4.